The summed E-state index contributed by atoms with van der Waals surface area (Å²) < 4.78 is 0. The van der Waals surface area contributed by atoms with Gasteiger partial charge in [0.1, 0.15) is 0 Å². The first-order valence-electron chi connectivity index (χ1n) is 3.23. The molecule has 1 saturated heterocycles. The maximum absolute atomic E-state index is 10.8. The molecule has 1 fully saturated rings. The highest BCUT2D eigenvalue weighted by Crippen LogP contribution is 2.02. The van der Waals surface area contributed by atoms with Crippen LogP contribution in [0.25, 0.3) is 0 Å². The van der Waals surface area contributed by atoms with Crippen LogP contribution in [0.15, 0.2) is 0 Å². The third kappa shape index (κ3) is 1.33. The number of amides is 1. The van der Waals surface area contributed by atoms with Crippen LogP contribution in [-0.4, -0.2) is 36.2 Å². The number of nitrogens with zero attached hydrogens (tertiary/aromatic N) is 1. The first kappa shape index (κ1) is 7.21. The smallest absolute Gasteiger partial charge is 0.236 e. The Morgan fingerprint density at radius 1 is 1.70 bits per heavy atom. The highest BCUT2D eigenvalue weighted by Gasteiger charge is 2.22. The van der Waals surface area contributed by atoms with Crippen molar-refractivity contribution in [2.24, 2.45) is 5.73 Å². The normalized spacial score (nSPS) is 18.1. The van der Waals surface area contributed by atoms with Crippen molar-refractivity contribution in [1.29, 1.82) is 0 Å². The van der Waals surface area contributed by atoms with Crippen LogP contribution in [0.1, 0.15) is 6.42 Å². The van der Waals surface area contributed by atoms with Crippen molar-refractivity contribution in [3.05, 3.63) is 0 Å². The van der Waals surface area contributed by atoms with Gasteiger partial charge in [0.05, 0.1) is 13.1 Å². The Hall–Kier alpha value is -0.900. The summed E-state index contributed by atoms with van der Waals surface area (Å²) in [6.45, 7) is 0.818. The second kappa shape index (κ2) is 2.79. The zero-order valence-corrected chi connectivity index (χ0v) is 5.67. The Kier molecular flexibility index (Phi) is 2.01. The molecule has 4 heteroatoms. The maximum atomic E-state index is 10.8. The van der Waals surface area contributed by atoms with Crippen LogP contribution in [-0.2, 0) is 9.59 Å². The summed E-state index contributed by atoms with van der Waals surface area (Å²) in [5, 5.41) is 0. The van der Waals surface area contributed by atoms with E-state index in [0.29, 0.717) is 13.0 Å². The van der Waals surface area contributed by atoms with Gasteiger partial charge in [0, 0.05) is 13.0 Å². The van der Waals surface area contributed by atoms with Gasteiger partial charge in [-0.1, -0.05) is 0 Å². The predicted octanol–water partition coefficient (Wildman–Crippen LogP) is -1.25. The van der Waals surface area contributed by atoms with E-state index >= 15 is 0 Å². The minimum Gasteiger partial charge on any atom is -0.334 e. The van der Waals surface area contributed by atoms with E-state index < -0.39 is 0 Å². The average molecular weight is 142 g/mol. The predicted molar refractivity (Wildman–Crippen MR) is 35.3 cm³/mol. The summed E-state index contributed by atoms with van der Waals surface area (Å²) in [5.74, 6) is -0.00681. The molecule has 0 aromatic heterocycles. The van der Waals surface area contributed by atoms with Crippen LogP contribution in [0, 0.1) is 0 Å². The fourth-order valence-corrected chi connectivity index (χ4v) is 0.973. The van der Waals surface area contributed by atoms with Gasteiger partial charge in [-0.2, -0.15) is 0 Å². The Morgan fingerprint density at radius 3 is 2.80 bits per heavy atom. The van der Waals surface area contributed by atoms with Gasteiger partial charge in [-0.05, 0) is 0 Å². The largest absolute Gasteiger partial charge is 0.334 e. The summed E-state index contributed by atoms with van der Waals surface area (Å²) >= 11 is 0. The second-order valence-electron chi connectivity index (χ2n) is 2.31. The van der Waals surface area contributed by atoms with Gasteiger partial charge in [-0.15, -0.1) is 0 Å². The molecule has 10 heavy (non-hydrogen) atoms. The summed E-state index contributed by atoms with van der Waals surface area (Å²) in [6.07, 6.45) is 0.492. The number of carbonyl (C=O) groups excluding carboxylic acids is 2. The zero-order valence-electron chi connectivity index (χ0n) is 5.67. The van der Waals surface area contributed by atoms with Crippen molar-refractivity contribution in [2.75, 3.05) is 19.6 Å². The molecule has 1 amide bonds. The molecule has 0 spiro atoms. The molecule has 1 aliphatic rings. The van der Waals surface area contributed by atoms with Gasteiger partial charge in [0.25, 0.3) is 0 Å². The van der Waals surface area contributed by atoms with Crippen LogP contribution in [0.4, 0.5) is 0 Å². The number of carbonyl (C=O) groups is 2. The lowest BCUT2D eigenvalue weighted by molar-refractivity contribution is -0.130. The van der Waals surface area contributed by atoms with E-state index in [0.717, 1.165) is 0 Å². The molecule has 0 atom stereocenters. The number of Topliss-reactive ketones (excluding diaryl/α,β-unsaturated/α-hetero) is 1. The highest BCUT2D eigenvalue weighted by atomic mass is 16.2. The van der Waals surface area contributed by atoms with Crippen molar-refractivity contribution >= 4 is 11.7 Å². The van der Waals surface area contributed by atoms with Gasteiger partial charge in [0.2, 0.25) is 5.91 Å². The molecule has 0 unspecified atom stereocenters. The molecule has 0 aromatic carbocycles. The van der Waals surface area contributed by atoms with E-state index in [1.54, 1.807) is 0 Å². The van der Waals surface area contributed by atoms with Gasteiger partial charge in [-0.25, -0.2) is 0 Å². The lowest BCUT2D eigenvalue weighted by Gasteiger charge is -2.11. The monoisotopic (exact) mass is 142 g/mol. The fraction of sp³-hybridized carbons (Fsp3) is 0.667. The van der Waals surface area contributed by atoms with Crippen LogP contribution in [0.2, 0.25) is 0 Å². The standard InChI is InChI=1S/C6H10N2O2/c7-3-6(10)8-2-1-5(9)4-8/h1-4,7H2. The van der Waals surface area contributed by atoms with Crippen LogP contribution < -0.4 is 5.73 Å². The molecule has 0 bridgehead atoms. The molecule has 0 radical (unpaired) electrons. The van der Waals surface area contributed by atoms with Gasteiger partial charge < -0.3 is 10.6 Å². The molecule has 1 heterocycles. The third-order valence-corrected chi connectivity index (χ3v) is 1.56. The Balaban J connectivity index is 2.44. The van der Waals surface area contributed by atoms with Crippen molar-refractivity contribution in [2.45, 2.75) is 6.42 Å². The van der Waals surface area contributed by atoms with E-state index in [4.69, 9.17) is 5.73 Å². The summed E-state index contributed by atoms with van der Waals surface area (Å²) in [6, 6.07) is 0. The molecule has 1 aliphatic heterocycles. The average Bonchev–Trinajstić information content (AvgIpc) is 2.34. The quantitative estimate of drug-likeness (QED) is 0.497. The number of hydrogen-bond acceptors (Lipinski definition) is 3. The molecule has 0 saturated carbocycles. The van der Waals surface area contributed by atoms with Crippen molar-refractivity contribution in [3.8, 4) is 0 Å². The highest BCUT2D eigenvalue weighted by molar-refractivity contribution is 5.89. The summed E-state index contributed by atoms with van der Waals surface area (Å²) in [4.78, 5) is 22.9. The number of likely N-dealkylation sites (tertiary alicyclic amines) is 1. The van der Waals surface area contributed by atoms with Crippen molar-refractivity contribution < 1.29 is 9.59 Å². The van der Waals surface area contributed by atoms with E-state index in [1.807, 2.05) is 0 Å². The zero-order chi connectivity index (χ0) is 7.56. The van der Waals surface area contributed by atoms with Crippen molar-refractivity contribution in [1.82, 2.24) is 4.90 Å². The minimum absolute atomic E-state index is 0.00722. The van der Waals surface area contributed by atoms with E-state index in [2.05, 4.69) is 0 Å². The molecular formula is C6H10N2O2. The van der Waals surface area contributed by atoms with Crippen LogP contribution in [0.3, 0.4) is 0 Å². The summed E-state index contributed by atoms with van der Waals surface area (Å²) in [7, 11) is 0. The second-order valence-corrected chi connectivity index (χ2v) is 2.31. The first-order valence-corrected chi connectivity index (χ1v) is 3.23. The van der Waals surface area contributed by atoms with Gasteiger partial charge in [0.15, 0.2) is 5.78 Å². The molecule has 0 aliphatic carbocycles. The topological polar surface area (TPSA) is 63.4 Å². The number of rotatable bonds is 1. The number of nitrogens with two attached hydrogens (primary N) is 1. The molecule has 56 valence electrons. The Labute approximate surface area is 59.0 Å². The molecule has 1 rings (SSSR count). The molecule has 2 N–H and O–H groups in total. The van der Waals surface area contributed by atoms with Crippen molar-refractivity contribution in [3.63, 3.8) is 0 Å². The first-order chi connectivity index (χ1) is 4.74. The Bertz CT molecular complexity index is 167. The fourth-order valence-electron chi connectivity index (χ4n) is 0.973. The Morgan fingerprint density at radius 2 is 2.40 bits per heavy atom. The molecule has 4 nitrogen and oxygen atoms in total. The van der Waals surface area contributed by atoms with E-state index in [-0.39, 0.29) is 24.8 Å². The van der Waals surface area contributed by atoms with Gasteiger partial charge >= 0.3 is 0 Å². The lowest BCUT2D eigenvalue weighted by atomic mass is 10.4. The number of hydrogen-bond donors (Lipinski definition) is 1. The molecular weight excluding hydrogens is 132 g/mol. The van der Waals surface area contributed by atoms with Crippen LogP contribution in [0.5, 0.6) is 0 Å². The number of ketones is 1. The third-order valence-electron chi connectivity index (χ3n) is 1.56. The van der Waals surface area contributed by atoms with Crippen LogP contribution >= 0.6 is 0 Å². The SMILES string of the molecule is NCC(=O)N1CCC(=O)C1. The van der Waals surface area contributed by atoms with Gasteiger partial charge in [-0.3, -0.25) is 9.59 Å². The van der Waals surface area contributed by atoms with E-state index in [9.17, 15) is 9.59 Å². The lowest BCUT2D eigenvalue weighted by Crippen LogP contribution is -2.34. The minimum atomic E-state index is -0.133. The summed E-state index contributed by atoms with van der Waals surface area (Å²) in [5.41, 5.74) is 5.09. The maximum Gasteiger partial charge on any atom is 0.236 e. The van der Waals surface area contributed by atoms with E-state index in [1.165, 1.54) is 4.90 Å². The molecule has 0 aromatic rings.